The van der Waals surface area contributed by atoms with Gasteiger partial charge >= 0.3 is 11.9 Å². The molecule has 1 unspecified atom stereocenters. The normalized spacial score (nSPS) is 52.3. The van der Waals surface area contributed by atoms with E-state index in [1.54, 1.807) is 6.92 Å². The van der Waals surface area contributed by atoms with Gasteiger partial charge in [0.25, 0.3) is 0 Å². The molecular weight excluding hydrogens is 977 g/mol. The van der Waals surface area contributed by atoms with Crippen LogP contribution in [0.1, 0.15) is 107 Å². The Morgan fingerprint density at radius 3 is 2.00 bits per heavy atom. The molecule has 0 amide bonds. The van der Waals surface area contributed by atoms with Gasteiger partial charge in [0, 0.05) is 10.8 Å². The number of hydrogen-bond acceptors (Lipinski definition) is 21. The number of carboxylic acid groups (broad SMARTS) is 1. The molecule has 424 valence electrons. The highest BCUT2D eigenvalue weighted by Gasteiger charge is 2.75. The van der Waals surface area contributed by atoms with E-state index >= 15 is 0 Å². The number of ether oxygens (including phenoxy) is 7. The van der Waals surface area contributed by atoms with Gasteiger partial charge in [-0.25, -0.2) is 4.79 Å². The highest BCUT2D eigenvalue weighted by atomic mass is 16.8. The van der Waals surface area contributed by atoms with Crippen LogP contribution in [0.5, 0.6) is 0 Å². The number of allylic oxidation sites excluding steroid dienone is 1. The number of aliphatic hydroxyl groups is 12. The molecule has 0 aromatic carbocycles. The van der Waals surface area contributed by atoms with Gasteiger partial charge in [-0.15, -0.1) is 0 Å². The van der Waals surface area contributed by atoms with Crippen LogP contribution in [0.2, 0.25) is 0 Å². The van der Waals surface area contributed by atoms with Crippen molar-refractivity contribution >= 4 is 11.9 Å². The fourth-order valence-corrected chi connectivity index (χ4v) is 15.8. The van der Waals surface area contributed by atoms with Gasteiger partial charge in [0.15, 0.2) is 25.0 Å². The van der Waals surface area contributed by atoms with Crippen LogP contribution < -0.4 is 0 Å². The molecule has 27 atom stereocenters. The molecule has 13 N–H and O–H groups in total. The first kappa shape index (κ1) is 58.1. The van der Waals surface area contributed by atoms with Crippen molar-refractivity contribution in [2.24, 2.45) is 56.2 Å². The molecule has 3 saturated heterocycles. The van der Waals surface area contributed by atoms with E-state index in [2.05, 4.69) is 19.9 Å². The third-order valence-corrected chi connectivity index (χ3v) is 20.6. The van der Waals surface area contributed by atoms with Crippen LogP contribution >= 0.6 is 0 Å². The van der Waals surface area contributed by atoms with Crippen LogP contribution in [0.15, 0.2) is 11.6 Å². The maximum Gasteiger partial charge on any atom is 0.335 e. The highest BCUT2D eigenvalue weighted by molar-refractivity contribution is 5.73. The molecule has 4 saturated carbocycles. The molecule has 8 rings (SSSR count). The van der Waals surface area contributed by atoms with E-state index in [1.165, 1.54) is 0 Å². The lowest BCUT2D eigenvalue weighted by Crippen LogP contribution is -2.76. The molecule has 0 bridgehead atoms. The van der Waals surface area contributed by atoms with Gasteiger partial charge < -0.3 is 99.5 Å². The number of carboxylic acids is 1. The van der Waals surface area contributed by atoms with Crippen molar-refractivity contribution in [3.8, 4) is 0 Å². The van der Waals surface area contributed by atoms with Crippen molar-refractivity contribution in [3.63, 3.8) is 0 Å². The Bertz CT molecular complexity index is 2070. The summed E-state index contributed by atoms with van der Waals surface area (Å²) < 4.78 is 42.3. The summed E-state index contributed by atoms with van der Waals surface area (Å²) >= 11 is 0. The Balaban J connectivity index is 1.11. The zero-order valence-corrected chi connectivity index (χ0v) is 43.9. The number of carbonyl (C=O) groups excluding carboxylic acids is 1. The van der Waals surface area contributed by atoms with Crippen LogP contribution in [0, 0.1) is 56.2 Å². The van der Waals surface area contributed by atoms with Crippen LogP contribution in [-0.2, 0) is 42.7 Å². The topological polar surface area (TPSA) is 362 Å². The zero-order chi connectivity index (χ0) is 54.7. The fourth-order valence-electron chi connectivity index (χ4n) is 15.8. The second kappa shape index (κ2) is 20.6. The summed E-state index contributed by atoms with van der Waals surface area (Å²) in [4.78, 5) is 26.0. The van der Waals surface area contributed by atoms with E-state index in [9.17, 15) is 76.0 Å². The van der Waals surface area contributed by atoms with Gasteiger partial charge in [-0.3, -0.25) is 4.79 Å². The molecule has 3 aliphatic heterocycles. The Kier molecular flexibility index (Phi) is 16.1. The van der Waals surface area contributed by atoms with Crippen molar-refractivity contribution in [3.05, 3.63) is 11.6 Å². The van der Waals surface area contributed by atoms with Crippen molar-refractivity contribution in [1.82, 2.24) is 0 Å². The fraction of sp³-hybridized carbons (Fsp3) is 0.923. The van der Waals surface area contributed by atoms with Gasteiger partial charge in [-0.2, -0.15) is 0 Å². The number of carbonyl (C=O) groups is 2. The average Bonchev–Trinajstić information content (AvgIpc) is 3.34. The lowest BCUT2D eigenvalue weighted by Gasteiger charge is -2.73. The van der Waals surface area contributed by atoms with Crippen molar-refractivity contribution in [2.45, 2.75) is 224 Å². The minimum absolute atomic E-state index is 0.106. The molecule has 5 aliphatic carbocycles. The number of aliphatic hydroxyl groups excluding tert-OH is 12. The Labute approximate surface area is 431 Å². The SMILES string of the molecule is CCC(C)C(=O)O[C@H]1[C@H](O)[C@]2(CO)[C@H](O)[C@H](O)[C@]3(C)C(=CC[C@@H]4[C@@]5(C)CC[C@H](O[C@@H]6O[C@H](C(=O)O)[C@@H](O)[C@H](O[C@@H]7OC[C@H](O)[C@H](O)[C@H]7O)[C@H]6O[C@@H]6O[C@H](CO)[C@@H](O)[C@H](O)[C@H]6O)C(C)(C)[C@@H]5CC[C@]43C)[C@@H]2CC1(C)C. The van der Waals surface area contributed by atoms with Crippen LogP contribution in [0.25, 0.3) is 0 Å². The van der Waals surface area contributed by atoms with Gasteiger partial charge in [0.1, 0.15) is 73.2 Å². The zero-order valence-electron chi connectivity index (χ0n) is 43.9. The molecule has 22 heteroatoms. The Morgan fingerprint density at radius 2 is 1.38 bits per heavy atom. The highest BCUT2D eigenvalue weighted by Crippen LogP contribution is 2.76. The largest absolute Gasteiger partial charge is 0.479 e. The first-order chi connectivity index (χ1) is 34.5. The molecule has 0 radical (unpaired) electrons. The average molecular weight is 1060 g/mol. The minimum atomic E-state index is -2.11. The second-order valence-electron chi connectivity index (χ2n) is 25.1. The van der Waals surface area contributed by atoms with Crippen LogP contribution in [0.4, 0.5) is 0 Å². The van der Waals surface area contributed by atoms with Gasteiger partial charge in [0.05, 0.1) is 49.5 Å². The second-order valence-corrected chi connectivity index (χ2v) is 25.1. The Hall–Kier alpha value is -2.04. The number of hydrogen-bond donors (Lipinski definition) is 13. The smallest absolute Gasteiger partial charge is 0.335 e. The van der Waals surface area contributed by atoms with E-state index < -0.39 is 193 Å². The monoisotopic (exact) mass is 1060 g/mol. The minimum Gasteiger partial charge on any atom is -0.479 e. The molecule has 22 nitrogen and oxygen atoms in total. The maximum atomic E-state index is 13.2. The van der Waals surface area contributed by atoms with E-state index in [-0.39, 0.29) is 11.8 Å². The van der Waals surface area contributed by atoms with Crippen molar-refractivity contribution in [1.29, 1.82) is 0 Å². The summed E-state index contributed by atoms with van der Waals surface area (Å²) in [5.74, 6) is -3.40. The molecule has 3 heterocycles. The van der Waals surface area contributed by atoms with Gasteiger partial charge in [0.2, 0.25) is 0 Å². The summed E-state index contributed by atoms with van der Waals surface area (Å²) in [6.07, 6.45) is -26.5. The van der Waals surface area contributed by atoms with E-state index in [0.717, 1.165) is 5.57 Å². The lowest BCUT2D eigenvalue weighted by atomic mass is 9.32. The van der Waals surface area contributed by atoms with E-state index in [0.29, 0.717) is 44.9 Å². The summed E-state index contributed by atoms with van der Waals surface area (Å²) in [5, 5.41) is 145. The van der Waals surface area contributed by atoms with Crippen LogP contribution in [-0.4, -0.2) is 215 Å². The molecular formula is C52H84O22. The number of esters is 1. The van der Waals surface area contributed by atoms with Gasteiger partial charge in [-0.1, -0.05) is 74.0 Å². The quantitative estimate of drug-likeness (QED) is 0.0622. The predicted molar refractivity (Wildman–Crippen MR) is 253 cm³/mol. The standard InChI is InChI=1S/C52H84O22/c1-10-21(2)43(67)74-41-40(64)52(20-54)23(17-47(41,3)4)22-11-12-27-49(7)15-14-28(48(5,6)26(49)13-16-50(27,8)51(22,9)38(62)39(52)63)70-46-37(73-45-33(60)31(58)30(57)25(18-53)69-45)35(34(61)36(72-46)42(65)66)71-44-32(59)29(56)24(55)19-68-44/h11,21,23-41,44-46,53-64H,10,12-20H2,1-9H3,(H,65,66)/t21?,23-,24-,25+,26-,27+,28-,29-,30+,31-,32+,33+,34-,35-,36-,37+,38-,39+,40-,41-,44-,45-,46+,49-,50+,51-,52-/m0/s1. The summed E-state index contributed by atoms with van der Waals surface area (Å²) in [6, 6.07) is 0. The number of rotatable bonds is 12. The molecule has 0 spiro atoms. The van der Waals surface area contributed by atoms with Gasteiger partial charge in [-0.05, 0) is 78.9 Å². The van der Waals surface area contributed by atoms with Crippen molar-refractivity contribution < 1.29 is 109 Å². The summed E-state index contributed by atoms with van der Waals surface area (Å²) in [7, 11) is 0. The predicted octanol–water partition coefficient (Wildman–Crippen LogP) is -1.17. The van der Waals surface area contributed by atoms with Crippen molar-refractivity contribution in [2.75, 3.05) is 19.8 Å². The molecule has 0 aromatic rings. The third kappa shape index (κ3) is 8.75. The summed E-state index contributed by atoms with van der Waals surface area (Å²) in [5.41, 5.74) is -4.55. The maximum absolute atomic E-state index is 13.2. The van der Waals surface area contributed by atoms with Crippen LogP contribution in [0.3, 0.4) is 0 Å². The van der Waals surface area contributed by atoms with E-state index in [1.807, 2.05) is 41.5 Å². The third-order valence-electron chi connectivity index (χ3n) is 20.6. The lowest BCUT2D eigenvalue weighted by molar-refractivity contribution is -0.392. The number of fused-ring (bicyclic) bond motifs is 7. The number of aliphatic carboxylic acids is 1. The molecule has 8 aliphatic rings. The summed E-state index contributed by atoms with van der Waals surface area (Å²) in [6.45, 7) is 15.8. The molecule has 0 aromatic heterocycles. The first-order valence-electron chi connectivity index (χ1n) is 26.5. The molecule has 7 fully saturated rings. The van der Waals surface area contributed by atoms with E-state index in [4.69, 9.17) is 33.2 Å². The first-order valence-corrected chi connectivity index (χ1v) is 26.5. The molecule has 74 heavy (non-hydrogen) atoms. The Morgan fingerprint density at radius 1 is 0.730 bits per heavy atom.